The van der Waals surface area contributed by atoms with Gasteiger partial charge >= 0.3 is 12.5 Å². The van der Waals surface area contributed by atoms with Crippen LogP contribution >= 0.6 is 0 Å². The lowest BCUT2D eigenvalue weighted by Gasteiger charge is -2.16. The van der Waals surface area contributed by atoms with Crippen LogP contribution < -0.4 is 15.0 Å². The zero-order valence-electron chi connectivity index (χ0n) is 19.3. The van der Waals surface area contributed by atoms with Crippen LogP contribution in [0.1, 0.15) is 24.5 Å². The van der Waals surface area contributed by atoms with Crippen LogP contribution in [0.5, 0.6) is 5.75 Å². The number of amides is 2. The van der Waals surface area contributed by atoms with E-state index in [-0.39, 0.29) is 18.2 Å². The van der Waals surface area contributed by atoms with Crippen LogP contribution in [0.4, 0.5) is 23.7 Å². The number of aryl methyl sites for hydroxylation is 1. The molecule has 2 amide bonds. The Hall–Kier alpha value is -4.02. The number of alkyl halides is 3. The molecule has 1 atom stereocenters. The quantitative estimate of drug-likeness (QED) is 0.534. The number of hydrogen-bond donors (Lipinski definition) is 2. The Labute approximate surface area is 204 Å². The number of benzene rings is 2. The second-order valence-electron chi connectivity index (χ2n) is 8.75. The lowest BCUT2D eigenvalue weighted by atomic mass is 9.99. The second kappa shape index (κ2) is 9.21. The van der Waals surface area contributed by atoms with Crippen molar-refractivity contribution in [3.63, 3.8) is 0 Å². The maximum Gasteiger partial charge on any atom is 0.573 e. The fourth-order valence-electron chi connectivity index (χ4n) is 4.64. The molecule has 1 saturated heterocycles. The van der Waals surface area contributed by atoms with Gasteiger partial charge in [0.25, 0.3) is 0 Å². The van der Waals surface area contributed by atoms with Gasteiger partial charge in [-0.3, -0.25) is 14.8 Å². The fourth-order valence-corrected chi connectivity index (χ4v) is 4.64. The number of anilines is 1. The van der Waals surface area contributed by atoms with Gasteiger partial charge in [-0.05, 0) is 61.2 Å². The topological polar surface area (TPSA) is 96.5 Å². The van der Waals surface area contributed by atoms with E-state index >= 15 is 0 Å². The summed E-state index contributed by atoms with van der Waals surface area (Å²) in [7, 11) is 0. The van der Waals surface area contributed by atoms with Crippen molar-refractivity contribution >= 4 is 17.7 Å². The Morgan fingerprint density at radius 2 is 2.00 bits per heavy atom. The second-order valence-corrected chi connectivity index (χ2v) is 8.75. The minimum atomic E-state index is -4.74. The molecular formula is C25H23F3N4O4. The van der Waals surface area contributed by atoms with Gasteiger partial charge in [0, 0.05) is 29.3 Å². The largest absolute Gasteiger partial charge is 0.573 e. The van der Waals surface area contributed by atoms with Crippen LogP contribution in [0.3, 0.4) is 0 Å². The molecule has 0 spiro atoms. The van der Waals surface area contributed by atoms with Crippen molar-refractivity contribution in [2.24, 2.45) is 0 Å². The summed E-state index contributed by atoms with van der Waals surface area (Å²) in [6.07, 6.45) is -3.28. The minimum Gasteiger partial charge on any atom is -0.442 e. The maximum absolute atomic E-state index is 12.5. The molecule has 36 heavy (non-hydrogen) atoms. The number of hydrogen-bond acceptors (Lipinski definition) is 5. The lowest BCUT2D eigenvalue weighted by molar-refractivity contribution is -0.274. The molecule has 2 N–H and O–H groups in total. The number of carbonyl (C=O) groups is 2. The van der Waals surface area contributed by atoms with Crippen molar-refractivity contribution in [3.05, 3.63) is 53.6 Å². The monoisotopic (exact) mass is 500 g/mol. The molecule has 8 nitrogen and oxygen atoms in total. The van der Waals surface area contributed by atoms with Gasteiger partial charge in [-0.25, -0.2) is 4.79 Å². The first-order valence-electron chi connectivity index (χ1n) is 11.5. The SMILES string of the molecule is CC(=O)NCC1CN(c2ccc3c(c2)CCCc2c(-c4ccc(OC(F)(F)F)cc4)n[nH]c2-3)C(=O)O1. The molecule has 1 unspecified atom stereocenters. The van der Waals surface area contributed by atoms with Gasteiger partial charge in [-0.1, -0.05) is 6.07 Å². The summed E-state index contributed by atoms with van der Waals surface area (Å²) in [4.78, 5) is 25.2. The number of halogens is 3. The van der Waals surface area contributed by atoms with Gasteiger partial charge < -0.3 is 14.8 Å². The van der Waals surface area contributed by atoms with Crippen LogP contribution in [-0.2, 0) is 22.4 Å². The molecule has 1 fully saturated rings. The number of cyclic esters (lactones) is 1. The van der Waals surface area contributed by atoms with Crippen LogP contribution in [0.2, 0.25) is 0 Å². The molecule has 2 heterocycles. The fraction of sp³-hybridized carbons (Fsp3) is 0.320. The number of nitrogens with zero attached hydrogens (tertiary/aromatic N) is 2. The highest BCUT2D eigenvalue weighted by molar-refractivity contribution is 5.91. The van der Waals surface area contributed by atoms with E-state index in [2.05, 4.69) is 20.3 Å². The van der Waals surface area contributed by atoms with E-state index in [0.717, 1.165) is 41.6 Å². The molecule has 1 aliphatic heterocycles. The molecule has 2 aliphatic rings. The van der Waals surface area contributed by atoms with E-state index in [1.165, 1.54) is 19.1 Å². The van der Waals surface area contributed by atoms with E-state index in [1.807, 2.05) is 18.2 Å². The molecular weight excluding hydrogens is 477 g/mol. The Balaban J connectivity index is 1.39. The highest BCUT2D eigenvalue weighted by Crippen LogP contribution is 2.38. The summed E-state index contributed by atoms with van der Waals surface area (Å²) in [5, 5.41) is 10.2. The minimum absolute atomic E-state index is 0.185. The Morgan fingerprint density at radius 3 is 2.72 bits per heavy atom. The van der Waals surface area contributed by atoms with Gasteiger partial charge in [-0.2, -0.15) is 5.10 Å². The molecule has 2 aromatic carbocycles. The van der Waals surface area contributed by atoms with Crippen LogP contribution in [0.15, 0.2) is 42.5 Å². The predicted molar refractivity (Wildman–Crippen MR) is 124 cm³/mol. The van der Waals surface area contributed by atoms with E-state index in [1.54, 1.807) is 17.0 Å². The molecule has 0 saturated carbocycles. The number of nitrogens with one attached hydrogen (secondary N) is 2. The number of H-pyrrole nitrogens is 1. The molecule has 11 heteroatoms. The van der Waals surface area contributed by atoms with Crippen LogP contribution in [-0.4, -0.2) is 47.8 Å². The average molecular weight is 500 g/mol. The summed E-state index contributed by atoms with van der Waals surface area (Å²) in [5.41, 5.74) is 5.94. The summed E-state index contributed by atoms with van der Waals surface area (Å²) in [6.45, 7) is 2.00. The summed E-state index contributed by atoms with van der Waals surface area (Å²) < 4.78 is 46.8. The van der Waals surface area contributed by atoms with Crippen LogP contribution in [0.25, 0.3) is 22.5 Å². The first-order valence-corrected chi connectivity index (χ1v) is 11.5. The van der Waals surface area contributed by atoms with Crippen molar-refractivity contribution in [2.45, 2.75) is 38.7 Å². The lowest BCUT2D eigenvalue weighted by Crippen LogP contribution is -2.33. The molecule has 5 rings (SSSR count). The molecule has 0 radical (unpaired) electrons. The first-order chi connectivity index (χ1) is 17.2. The van der Waals surface area contributed by atoms with Gasteiger partial charge in [0.15, 0.2) is 0 Å². The van der Waals surface area contributed by atoms with Crippen molar-refractivity contribution in [1.82, 2.24) is 15.5 Å². The standard InChI is InChI=1S/C25H23F3N4O4/c1-14(33)29-12-19-13-32(24(34)35-19)17-7-10-20-16(11-17)3-2-4-21-22(30-31-23(20)21)15-5-8-18(9-6-15)36-25(26,27)28/h5-11,19H,2-4,12-13H2,1H3,(H,29,33)(H,30,31). The zero-order chi connectivity index (χ0) is 25.4. The Morgan fingerprint density at radius 1 is 1.22 bits per heavy atom. The summed E-state index contributed by atoms with van der Waals surface area (Å²) in [5.74, 6) is -0.472. The van der Waals surface area contributed by atoms with E-state index < -0.39 is 18.6 Å². The van der Waals surface area contributed by atoms with Crippen molar-refractivity contribution in [2.75, 3.05) is 18.0 Å². The molecule has 3 aromatic rings. The van der Waals surface area contributed by atoms with Crippen molar-refractivity contribution in [1.29, 1.82) is 0 Å². The smallest absolute Gasteiger partial charge is 0.442 e. The van der Waals surface area contributed by atoms with Gasteiger partial charge in [0.2, 0.25) is 5.91 Å². The van der Waals surface area contributed by atoms with Crippen molar-refractivity contribution in [3.8, 4) is 28.3 Å². The molecule has 1 aromatic heterocycles. The molecule has 188 valence electrons. The van der Waals surface area contributed by atoms with Gasteiger partial charge in [0.05, 0.1) is 24.5 Å². The first kappa shape index (κ1) is 23.7. The van der Waals surface area contributed by atoms with Gasteiger partial charge in [0.1, 0.15) is 11.9 Å². The normalized spacial score (nSPS) is 17.2. The number of rotatable bonds is 5. The zero-order valence-corrected chi connectivity index (χ0v) is 19.3. The third-order valence-corrected chi connectivity index (χ3v) is 6.22. The van der Waals surface area contributed by atoms with E-state index in [0.29, 0.717) is 23.5 Å². The maximum atomic E-state index is 12.5. The number of fused-ring (bicyclic) bond motifs is 3. The van der Waals surface area contributed by atoms with Crippen molar-refractivity contribution < 1.29 is 32.2 Å². The summed E-state index contributed by atoms with van der Waals surface area (Å²) >= 11 is 0. The number of aromatic nitrogens is 2. The summed E-state index contributed by atoms with van der Waals surface area (Å²) in [6, 6.07) is 11.4. The Kier molecular flexibility index (Phi) is 6.07. The number of aromatic amines is 1. The third kappa shape index (κ3) is 4.86. The van der Waals surface area contributed by atoms with E-state index in [4.69, 9.17) is 4.74 Å². The van der Waals surface area contributed by atoms with Gasteiger partial charge in [-0.15, -0.1) is 13.2 Å². The highest BCUT2D eigenvalue weighted by Gasteiger charge is 2.33. The van der Waals surface area contributed by atoms with Crippen LogP contribution in [0, 0.1) is 0 Å². The Bertz CT molecular complexity index is 1300. The number of ether oxygens (including phenoxy) is 2. The molecule has 0 bridgehead atoms. The molecule has 1 aliphatic carbocycles. The average Bonchev–Trinajstić information content (AvgIpc) is 3.35. The third-order valence-electron chi connectivity index (χ3n) is 6.22. The number of carbonyl (C=O) groups excluding carboxylic acids is 2. The van der Waals surface area contributed by atoms with E-state index in [9.17, 15) is 22.8 Å². The highest BCUT2D eigenvalue weighted by atomic mass is 19.4. The predicted octanol–water partition coefficient (Wildman–Crippen LogP) is 4.59.